The van der Waals surface area contributed by atoms with Crippen LogP contribution in [0.5, 0.6) is 0 Å². The van der Waals surface area contributed by atoms with Crippen LogP contribution in [0.15, 0.2) is 29.4 Å². The molecular weight excluding hydrogens is 422 g/mol. The molecule has 0 radical (unpaired) electrons. The highest BCUT2D eigenvalue weighted by Crippen LogP contribution is 2.21. The molecule has 3 atom stereocenters. The Morgan fingerprint density at radius 2 is 2.14 bits per heavy atom. The van der Waals surface area contributed by atoms with Crippen molar-refractivity contribution in [1.82, 2.24) is 15.2 Å². The number of aliphatic imine (C=N–C) groups is 1. The van der Waals surface area contributed by atoms with Crippen LogP contribution in [0.25, 0.3) is 0 Å². The lowest BCUT2D eigenvalue weighted by Gasteiger charge is -2.38. The normalized spacial score (nSPS) is 24.0. The van der Waals surface area contributed by atoms with E-state index in [1.165, 1.54) is 0 Å². The summed E-state index contributed by atoms with van der Waals surface area (Å²) in [5.74, 6) is 2.54. The summed E-state index contributed by atoms with van der Waals surface area (Å²) in [6, 6.07) is 6.30. The highest BCUT2D eigenvalue weighted by molar-refractivity contribution is 8.93. The largest absolute Gasteiger partial charge is 0.383 e. The van der Waals surface area contributed by atoms with Crippen molar-refractivity contribution in [2.75, 3.05) is 57.9 Å². The van der Waals surface area contributed by atoms with Crippen LogP contribution < -0.4 is 10.2 Å². The van der Waals surface area contributed by atoms with E-state index in [9.17, 15) is 0 Å². The van der Waals surface area contributed by atoms with Crippen molar-refractivity contribution in [3.05, 3.63) is 24.4 Å². The number of nitrogens with zero attached hydrogens (tertiary/aromatic N) is 4. The van der Waals surface area contributed by atoms with E-state index in [0.29, 0.717) is 18.6 Å². The van der Waals surface area contributed by atoms with Crippen molar-refractivity contribution < 1.29 is 9.47 Å². The van der Waals surface area contributed by atoms with Gasteiger partial charge in [-0.3, -0.25) is 4.99 Å². The molecule has 3 rings (SSSR count). The molecule has 0 saturated carbocycles. The maximum absolute atomic E-state index is 5.69. The number of methoxy groups -OCH3 is 1. The fraction of sp³-hybridized carbons (Fsp3) is 0.700. The third-order valence-corrected chi connectivity index (χ3v) is 5.35. The molecule has 2 fully saturated rings. The Morgan fingerprint density at radius 1 is 1.36 bits per heavy atom. The fourth-order valence-electron chi connectivity index (χ4n) is 3.66. The number of rotatable bonds is 6. The van der Waals surface area contributed by atoms with Gasteiger partial charge >= 0.3 is 0 Å². The Bertz CT molecular complexity index is 596. The average Bonchev–Trinajstić information content (AvgIpc) is 3.11. The number of aromatic nitrogens is 1. The highest BCUT2D eigenvalue weighted by atomic mass is 79.9. The molecule has 7 nitrogen and oxygen atoms in total. The van der Waals surface area contributed by atoms with Gasteiger partial charge in [0.25, 0.3) is 0 Å². The first kappa shape index (κ1) is 22.9. The Hall–Kier alpha value is -1.38. The van der Waals surface area contributed by atoms with Gasteiger partial charge in [-0.05, 0) is 32.4 Å². The van der Waals surface area contributed by atoms with Gasteiger partial charge in [-0.2, -0.15) is 0 Å². The number of hydrogen-bond acceptors (Lipinski definition) is 5. The van der Waals surface area contributed by atoms with E-state index in [2.05, 4.69) is 40.0 Å². The van der Waals surface area contributed by atoms with Crippen molar-refractivity contribution in [3.63, 3.8) is 0 Å². The number of ether oxygens (including phenoxy) is 2. The molecule has 1 aromatic heterocycles. The number of hydrogen-bond donors (Lipinski definition) is 1. The molecule has 3 heterocycles. The van der Waals surface area contributed by atoms with Gasteiger partial charge in [0.15, 0.2) is 5.96 Å². The molecule has 1 N–H and O–H groups in total. The van der Waals surface area contributed by atoms with Crippen molar-refractivity contribution in [2.45, 2.75) is 32.4 Å². The smallest absolute Gasteiger partial charge is 0.194 e. The van der Waals surface area contributed by atoms with Gasteiger partial charge in [0, 0.05) is 64.6 Å². The van der Waals surface area contributed by atoms with E-state index in [1.54, 1.807) is 7.11 Å². The van der Waals surface area contributed by atoms with Gasteiger partial charge < -0.3 is 24.6 Å². The van der Waals surface area contributed by atoms with Crippen LogP contribution >= 0.6 is 17.0 Å². The zero-order chi connectivity index (χ0) is 19.1. The Morgan fingerprint density at radius 3 is 2.75 bits per heavy atom. The number of anilines is 1. The van der Waals surface area contributed by atoms with E-state index >= 15 is 0 Å². The minimum atomic E-state index is 0. The minimum Gasteiger partial charge on any atom is -0.383 e. The molecule has 158 valence electrons. The molecule has 0 aromatic carbocycles. The van der Waals surface area contributed by atoms with Gasteiger partial charge in [-0.15, -0.1) is 17.0 Å². The number of nitrogens with one attached hydrogen (secondary N) is 1. The Balaban J connectivity index is 0.00000280. The third kappa shape index (κ3) is 6.32. The molecule has 2 saturated heterocycles. The number of pyridine rings is 1. The first-order valence-corrected chi connectivity index (χ1v) is 10.00. The Kier molecular flexibility index (Phi) is 9.47. The number of guanidine groups is 1. The molecule has 28 heavy (non-hydrogen) atoms. The molecule has 8 heteroatoms. The number of piperazine rings is 1. The van der Waals surface area contributed by atoms with Crippen molar-refractivity contribution >= 4 is 28.8 Å². The van der Waals surface area contributed by atoms with Crippen LogP contribution in [0.1, 0.15) is 20.3 Å². The topological polar surface area (TPSA) is 62.2 Å². The summed E-state index contributed by atoms with van der Waals surface area (Å²) in [5, 5.41) is 3.56. The van der Waals surface area contributed by atoms with Gasteiger partial charge in [-0.25, -0.2) is 4.98 Å². The maximum Gasteiger partial charge on any atom is 0.194 e. The fourth-order valence-corrected chi connectivity index (χ4v) is 3.66. The molecule has 2 aliphatic rings. The van der Waals surface area contributed by atoms with E-state index in [-0.39, 0.29) is 23.0 Å². The summed E-state index contributed by atoms with van der Waals surface area (Å²) in [7, 11) is 1.73. The van der Waals surface area contributed by atoms with Crippen LogP contribution in [0.2, 0.25) is 0 Å². The lowest BCUT2D eigenvalue weighted by molar-refractivity contribution is 0.107. The summed E-state index contributed by atoms with van der Waals surface area (Å²) < 4.78 is 11.0. The van der Waals surface area contributed by atoms with E-state index in [4.69, 9.17) is 14.5 Å². The second kappa shape index (κ2) is 11.6. The minimum absolute atomic E-state index is 0. The van der Waals surface area contributed by atoms with E-state index in [0.717, 1.165) is 57.5 Å². The molecular formula is C20H34BrN5O2. The van der Waals surface area contributed by atoms with Crippen LogP contribution in [-0.2, 0) is 9.47 Å². The van der Waals surface area contributed by atoms with Crippen molar-refractivity contribution in [2.24, 2.45) is 10.9 Å². The highest BCUT2D eigenvalue weighted by Gasteiger charge is 2.26. The van der Waals surface area contributed by atoms with Crippen LogP contribution in [0.3, 0.4) is 0 Å². The first-order chi connectivity index (χ1) is 13.2. The quantitative estimate of drug-likeness (QED) is 0.523. The monoisotopic (exact) mass is 455 g/mol. The van der Waals surface area contributed by atoms with Gasteiger partial charge in [0.1, 0.15) is 5.82 Å². The number of halogens is 1. The second-order valence-electron chi connectivity index (χ2n) is 7.45. The van der Waals surface area contributed by atoms with Gasteiger partial charge in [-0.1, -0.05) is 6.07 Å². The van der Waals surface area contributed by atoms with Gasteiger partial charge in [0.2, 0.25) is 0 Å². The van der Waals surface area contributed by atoms with Crippen molar-refractivity contribution in [3.8, 4) is 0 Å². The summed E-state index contributed by atoms with van der Waals surface area (Å²) in [5.41, 5.74) is 0. The summed E-state index contributed by atoms with van der Waals surface area (Å²) in [6.45, 7) is 10.4. The first-order valence-electron chi connectivity index (χ1n) is 10.00. The maximum atomic E-state index is 5.69. The van der Waals surface area contributed by atoms with Crippen molar-refractivity contribution in [1.29, 1.82) is 0 Å². The molecule has 0 aliphatic carbocycles. The van der Waals surface area contributed by atoms with Crippen LogP contribution in [0, 0.1) is 5.92 Å². The molecule has 2 aliphatic heterocycles. The standard InChI is InChI=1S/C20H33N5O2.BrH/c1-16(15-26-3)23-20(22-14-18-7-13-27-17(18)2)25-11-9-24(10-12-25)19-6-4-5-8-21-19;/h4-6,8,16-18H,7,9-15H2,1-3H3,(H,22,23);1H. The Labute approximate surface area is 179 Å². The lowest BCUT2D eigenvalue weighted by atomic mass is 10.0. The molecule has 1 aromatic rings. The zero-order valence-corrected chi connectivity index (χ0v) is 18.9. The zero-order valence-electron chi connectivity index (χ0n) is 17.2. The summed E-state index contributed by atoms with van der Waals surface area (Å²) >= 11 is 0. The third-order valence-electron chi connectivity index (χ3n) is 5.35. The molecule has 0 spiro atoms. The van der Waals surface area contributed by atoms with Crippen LogP contribution in [0.4, 0.5) is 5.82 Å². The van der Waals surface area contributed by atoms with E-state index in [1.807, 2.05) is 18.3 Å². The van der Waals surface area contributed by atoms with Gasteiger partial charge in [0.05, 0.1) is 12.7 Å². The second-order valence-corrected chi connectivity index (χ2v) is 7.45. The lowest BCUT2D eigenvalue weighted by Crippen LogP contribution is -2.54. The predicted molar refractivity (Wildman–Crippen MR) is 119 cm³/mol. The van der Waals surface area contributed by atoms with E-state index < -0.39 is 0 Å². The summed E-state index contributed by atoms with van der Waals surface area (Å²) in [4.78, 5) is 14.1. The average molecular weight is 456 g/mol. The summed E-state index contributed by atoms with van der Waals surface area (Å²) in [6.07, 6.45) is 3.25. The predicted octanol–water partition coefficient (Wildman–Crippen LogP) is 2.19. The SMILES string of the molecule is Br.COCC(C)NC(=NCC1CCOC1C)N1CCN(c2ccccn2)CC1. The van der Waals surface area contributed by atoms with Crippen LogP contribution in [-0.4, -0.2) is 81.0 Å². The molecule has 0 amide bonds. The molecule has 0 bridgehead atoms. The molecule has 3 unspecified atom stereocenters.